The summed E-state index contributed by atoms with van der Waals surface area (Å²) in [5.41, 5.74) is 0. The molecular formula is C17H33N3O. The Hall–Kier alpha value is -0.610. The van der Waals surface area contributed by atoms with Crippen molar-refractivity contribution in [2.45, 2.75) is 57.9 Å². The smallest absolute Gasteiger partial charge is 0.234 e. The van der Waals surface area contributed by atoms with Crippen LogP contribution in [0.2, 0.25) is 0 Å². The predicted molar refractivity (Wildman–Crippen MR) is 87.3 cm³/mol. The van der Waals surface area contributed by atoms with E-state index >= 15 is 0 Å². The SMILES string of the molecule is CNCCC1CCN(CC(=O)NC2CCC(C)CC2)CC1. The Morgan fingerprint density at radius 1 is 1.10 bits per heavy atom. The van der Waals surface area contributed by atoms with Gasteiger partial charge in [-0.1, -0.05) is 6.92 Å². The third-order valence-electron chi connectivity index (χ3n) is 5.26. The van der Waals surface area contributed by atoms with Gasteiger partial charge in [0, 0.05) is 6.04 Å². The van der Waals surface area contributed by atoms with E-state index < -0.39 is 0 Å². The maximum absolute atomic E-state index is 12.2. The lowest BCUT2D eigenvalue weighted by Crippen LogP contribution is -2.45. The molecule has 0 atom stereocenters. The van der Waals surface area contributed by atoms with Crippen molar-refractivity contribution < 1.29 is 4.79 Å². The van der Waals surface area contributed by atoms with Crippen molar-refractivity contribution in [3.63, 3.8) is 0 Å². The second-order valence-corrected chi connectivity index (χ2v) is 7.14. The van der Waals surface area contributed by atoms with E-state index in [0.717, 1.165) is 31.5 Å². The van der Waals surface area contributed by atoms with Gasteiger partial charge in [0.25, 0.3) is 0 Å². The Morgan fingerprint density at radius 2 is 1.76 bits per heavy atom. The van der Waals surface area contributed by atoms with Crippen molar-refractivity contribution in [3.8, 4) is 0 Å². The molecule has 0 bridgehead atoms. The molecule has 122 valence electrons. The van der Waals surface area contributed by atoms with Gasteiger partial charge in [0.1, 0.15) is 0 Å². The molecule has 21 heavy (non-hydrogen) atoms. The average molecular weight is 295 g/mol. The fraction of sp³-hybridized carbons (Fsp3) is 0.941. The van der Waals surface area contributed by atoms with Crippen LogP contribution in [-0.2, 0) is 4.79 Å². The maximum atomic E-state index is 12.2. The lowest BCUT2D eigenvalue weighted by atomic mass is 9.87. The van der Waals surface area contributed by atoms with Crippen LogP contribution in [0.25, 0.3) is 0 Å². The quantitative estimate of drug-likeness (QED) is 0.788. The molecule has 1 saturated heterocycles. The molecule has 2 fully saturated rings. The number of likely N-dealkylation sites (tertiary alicyclic amines) is 1. The van der Waals surface area contributed by atoms with Gasteiger partial charge in [0.15, 0.2) is 0 Å². The second kappa shape index (κ2) is 8.74. The zero-order valence-electron chi connectivity index (χ0n) is 13.9. The Morgan fingerprint density at radius 3 is 2.38 bits per heavy atom. The van der Waals surface area contributed by atoms with Crippen molar-refractivity contribution >= 4 is 5.91 Å². The number of hydrogen-bond donors (Lipinski definition) is 2. The molecule has 1 heterocycles. The fourth-order valence-corrected chi connectivity index (χ4v) is 3.66. The summed E-state index contributed by atoms with van der Waals surface area (Å²) in [5, 5.41) is 6.47. The third kappa shape index (κ3) is 5.95. The highest BCUT2D eigenvalue weighted by molar-refractivity contribution is 5.78. The summed E-state index contributed by atoms with van der Waals surface area (Å²) >= 11 is 0. The highest BCUT2D eigenvalue weighted by Crippen LogP contribution is 2.23. The van der Waals surface area contributed by atoms with Crippen LogP contribution in [-0.4, -0.2) is 50.1 Å². The van der Waals surface area contributed by atoms with Crippen LogP contribution >= 0.6 is 0 Å². The summed E-state index contributed by atoms with van der Waals surface area (Å²) < 4.78 is 0. The zero-order valence-corrected chi connectivity index (χ0v) is 13.9. The first kappa shape index (κ1) is 16.8. The average Bonchev–Trinajstić information content (AvgIpc) is 2.49. The Balaban J connectivity index is 1.60. The van der Waals surface area contributed by atoms with Gasteiger partial charge >= 0.3 is 0 Å². The van der Waals surface area contributed by atoms with E-state index in [9.17, 15) is 4.79 Å². The molecule has 4 heteroatoms. The molecular weight excluding hydrogens is 262 g/mol. The summed E-state index contributed by atoms with van der Waals surface area (Å²) in [7, 11) is 2.02. The van der Waals surface area contributed by atoms with Crippen LogP contribution < -0.4 is 10.6 Å². The second-order valence-electron chi connectivity index (χ2n) is 7.14. The normalized spacial score (nSPS) is 28.5. The lowest BCUT2D eigenvalue weighted by Gasteiger charge is -2.32. The molecule has 1 saturated carbocycles. The van der Waals surface area contributed by atoms with E-state index in [2.05, 4.69) is 22.5 Å². The number of piperidine rings is 1. The topological polar surface area (TPSA) is 44.4 Å². The van der Waals surface area contributed by atoms with Crippen molar-refractivity contribution in [1.29, 1.82) is 0 Å². The highest BCUT2D eigenvalue weighted by atomic mass is 16.2. The number of rotatable bonds is 6. The molecule has 1 aliphatic heterocycles. The molecule has 1 amide bonds. The number of carbonyl (C=O) groups excluding carboxylic acids is 1. The van der Waals surface area contributed by atoms with Gasteiger partial charge < -0.3 is 10.6 Å². The van der Waals surface area contributed by atoms with E-state index in [4.69, 9.17) is 0 Å². The van der Waals surface area contributed by atoms with Gasteiger partial charge in [0.2, 0.25) is 5.91 Å². The van der Waals surface area contributed by atoms with Crippen molar-refractivity contribution in [2.24, 2.45) is 11.8 Å². The molecule has 4 nitrogen and oxygen atoms in total. The number of amides is 1. The molecule has 2 rings (SSSR count). The van der Waals surface area contributed by atoms with Gasteiger partial charge in [0.05, 0.1) is 6.54 Å². The summed E-state index contributed by atoms with van der Waals surface area (Å²) in [6.45, 7) is 6.21. The zero-order chi connectivity index (χ0) is 15.1. The van der Waals surface area contributed by atoms with Crippen molar-refractivity contribution in [1.82, 2.24) is 15.5 Å². The van der Waals surface area contributed by atoms with E-state index in [1.165, 1.54) is 44.9 Å². The van der Waals surface area contributed by atoms with Crippen LogP contribution in [0, 0.1) is 11.8 Å². The standard InChI is InChI=1S/C17H33N3O/c1-14-3-5-16(6-4-14)19-17(21)13-20-11-8-15(9-12-20)7-10-18-2/h14-16,18H,3-13H2,1-2H3,(H,19,21). The molecule has 0 radical (unpaired) electrons. The first-order valence-corrected chi connectivity index (χ1v) is 8.83. The first-order chi connectivity index (χ1) is 10.2. The van der Waals surface area contributed by atoms with Crippen LogP contribution in [0.1, 0.15) is 51.9 Å². The van der Waals surface area contributed by atoms with Crippen LogP contribution in [0.15, 0.2) is 0 Å². The number of nitrogens with zero attached hydrogens (tertiary/aromatic N) is 1. The van der Waals surface area contributed by atoms with Gasteiger partial charge in [-0.25, -0.2) is 0 Å². The summed E-state index contributed by atoms with van der Waals surface area (Å²) in [5.74, 6) is 1.93. The molecule has 0 spiro atoms. The minimum atomic E-state index is 0.239. The van der Waals surface area contributed by atoms with Gasteiger partial charge in [-0.3, -0.25) is 9.69 Å². The fourth-order valence-electron chi connectivity index (χ4n) is 3.66. The Labute approximate surface area is 130 Å². The van der Waals surface area contributed by atoms with E-state index in [0.29, 0.717) is 12.6 Å². The van der Waals surface area contributed by atoms with Crippen molar-refractivity contribution in [2.75, 3.05) is 33.2 Å². The Kier molecular flexibility index (Phi) is 6.97. The maximum Gasteiger partial charge on any atom is 0.234 e. The van der Waals surface area contributed by atoms with E-state index in [-0.39, 0.29) is 5.91 Å². The molecule has 0 aromatic rings. The first-order valence-electron chi connectivity index (χ1n) is 8.83. The minimum Gasteiger partial charge on any atom is -0.352 e. The number of carbonyl (C=O) groups is 1. The number of nitrogens with one attached hydrogen (secondary N) is 2. The van der Waals surface area contributed by atoms with E-state index in [1.807, 2.05) is 7.05 Å². The van der Waals surface area contributed by atoms with Crippen LogP contribution in [0.3, 0.4) is 0 Å². The third-order valence-corrected chi connectivity index (χ3v) is 5.26. The highest BCUT2D eigenvalue weighted by Gasteiger charge is 2.23. The van der Waals surface area contributed by atoms with E-state index in [1.54, 1.807) is 0 Å². The van der Waals surface area contributed by atoms with Crippen LogP contribution in [0.5, 0.6) is 0 Å². The van der Waals surface area contributed by atoms with Gasteiger partial charge in [-0.2, -0.15) is 0 Å². The van der Waals surface area contributed by atoms with Crippen LogP contribution in [0.4, 0.5) is 0 Å². The molecule has 1 aliphatic carbocycles. The minimum absolute atomic E-state index is 0.239. The molecule has 2 N–H and O–H groups in total. The van der Waals surface area contributed by atoms with Gasteiger partial charge in [-0.05, 0) is 83.5 Å². The molecule has 0 aromatic carbocycles. The molecule has 2 aliphatic rings. The predicted octanol–water partition coefficient (Wildman–Crippen LogP) is 2.00. The molecule has 0 aromatic heterocycles. The monoisotopic (exact) mass is 295 g/mol. The summed E-state index contributed by atoms with van der Waals surface area (Å²) in [6.07, 6.45) is 8.63. The van der Waals surface area contributed by atoms with Crippen molar-refractivity contribution in [3.05, 3.63) is 0 Å². The summed E-state index contributed by atoms with van der Waals surface area (Å²) in [4.78, 5) is 14.5. The largest absolute Gasteiger partial charge is 0.352 e. The summed E-state index contributed by atoms with van der Waals surface area (Å²) in [6, 6.07) is 0.432. The molecule has 0 unspecified atom stereocenters. The van der Waals surface area contributed by atoms with Gasteiger partial charge in [-0.15, -0.1) is 0 Å². The Bertz CT molecular complexity index is 305. The lowest BCUT2D eigenvalue weighted by molar-refractivity contribution is -0.123. The number of hydrogen-bond acceptors (Lipinski definition) is 3.